The van der Waals surface area contributed by atoms with Gasteiger partial charge in [0.05, 0.1) is 5.52 Å². The molecule has 70 valence electrons. The molecule has 0 aliphatic rings. The Morgan fingerprint density at radius 3 is 2.64 bits per heavy atom. The molecule has 2 aromatic rings. The molecule has 0 amide bonds. The molecule has 1 heterocycles. The minimum Gasteiger partial charge on any atom is -0.298 e. The van der Waals surface area contributed by atoms with Crippen LogP contribution in [0, 0.1) is 13.8 Å². The normalized spacial score (nSPS) is 10.4. The van der Waals surface area contributed by atoms with E-state index in [1.54, 1.807) is 6.20 Å². The summed E-state index contributed by atoms with van der Waals surface area (Å²) in [6.45, 7) is 4.05. The van der Waals surface area contributed by atoms with Gasteiger partial charge in [-0.3, -0.25) is 9.78 Å². The number of hydrogen-bond acceptors (Lipinski definition) is 2. The third-order valence-corrected chi connectivity index (χ3v) is 2.43. The van der Waals surface area contributed by atoms with Crippen LogP contribution in [0.5, 0.6) is 0 Å². The number of aryl methyl sites for hydroxylation is 2. The standard InChI is InChI=1S/C12H11NO/c1-8-3-4-9(2)12-11(8)5-10(7-14)6-13-12/h3-7H,1-2H3. The molecule has 0 aliphatic carbocycles. The van der Waals surface area contributed by atoms with Crippen LogP contribution < -0.4 is 0 Å². The summed E-state index contributed by atoms with van der Waals surface area (Å²) in [7, 11) is 0. The Morgan fingerprint density at radius 1 is 1.21 bits per heavy atom. The minimum atomic E-state index is 0.631. The van der Waals surface area contributed by atoms with E-state index in [4.69, 9.17) is 0 Å². The molecular weight excluding hydrogens is 174 g/mol. The van der Waals surface area contributed by atoms with E-state index in [0.29, 0.717) is 5.56 Å². The summed E-state index contributed by atoms with van der Waals surface area (Å²) in [5.74, 6) is 0. The summed E-state index contributed by atoms with van der Waals surface area (Å²) in [6, 6.07) is 5.98. The highest BCUT2D eigenvalue weighted by atomic mass is 16.1. The summed E-state index contributed by atoms with van der Waals surface area (Å²) >= 11 is 0. The van der Waals surface area contributed by atoms with Gasteiger partial charge in [-0.1, -0.05) is 12.1 Å². The van der Waals surface area contributed by atoms with Crippen LogP contribution in [0.25, 0.3) is 10.9 Å². The van der Waals surface area contributed by atoms with Gasteiger partial charge >= 0.3 is 0 Å². The first-order valence-corrected chi connectivity index (χ1v) is 4.53. The molecule has 2 rings (SSSR count). The molecule has 2 heteroatoms. The average molecular weight is 185 g/mol. The molecule has 0 saturated carbocycles. The second-order valence-corrected chi connectivity index (χ2v) is 3.48. The molecule has 14 heavy (non-hydrogen) atoms. The second kappa shape index (κ2) is 3.22. The lowest BCUT2D eigenvalue weighted by Crippen LogP contribution is -1.89. The molecule has 1 aromatic heterocycles. The van der Waals surface area contributed by atoms with E-state index in [-0.39, 0.29) is 0 Å². The number of hydrogen-bond donors (Lipinski definition) is 0. The quantitative estimate of drug-likeness (QED) is 0.639. The molecule has 0 saturated heterocycles. The fourth-order valence-corrected chi connectivity index (χ4v) is 1.58. The fraction of sp³-hybridized carbons (Fsp3) is 0.167. The number of carbonyl (C=O) groups excluding carboxylic acids is 1. The maximum atomic E-state index is 10.6. The largest absolute Gasteiger partial charge is 0.298 e. The number of fused-ring (bicyclic) bond motifs is 1. The van der Waals surface area contributed by atoms with Crippen molar-refractivity contribution >= 4 is 17.2 Å². The van der Waals surface area contributed by atoms with Crippen LogP contribution in [0.15, 0.2) is 24.4 Å². The number of aromatic nitrogens is 1. The van der Waals surface area contributed by atoms with Gasteiger partial charge in [0.2, 0.25) is 0 Å². The molecular formula is C12H11NO. The van der Waals surface area contributed by atoms with Gasteiger partial charge in [-0.2, -0.15) is 0 Å². The predicted molar refractivity (Wildman–Crippen MR) is 56.6 cm³/mol. The van der Waals surface area contributed by atoms with E-state index in [0.717, 1.165) is 28.3 Å². The molecule has 0 atom stereocenters. The topological polar surface area (TPSA) is 30.0 Å². The van der Waals surface area contributed by atoms with Gasteiger partial charge in [-0.25, -0.2) is 0 Å². The predicted octanol–water partition coefficient (Wildman–Crippen LogP) is 2.66. The van der Waals surface area contributed by atoms with Crippen LogP contribution in [0.2, 0.25) is 0 Å². The maximum absolute atomic E-state index is 10.6. The highest BCUT2D eigenvalue weighted by molar-refractivity contribution is 5.89. The number of pyridine rings is 1. The molecule has 2 nitrogen and oxygen atoms in total. The minimum absolute atomic E-state index is 0.631. The van der Waals surface area contributed by atoms with E-state index >= 15 is 0 Å². The lowest BCUT2D eigenvalue weighted by molar-refractivity contribution is 0.112. The summed E-state index contributed by atoms with van der Waals surface area (Å²) in [5, 5.41) is 1.06. The molecule has 0 N–H and O–H groups in total. The van der Waals surface area contributed by atoms with Crippen molar-refractivity contribution in [1.82, 2.24) is 4.98 Å². The van der Waals surface area contributed by atoms with Crippen LogP contribution >= 0.6 is 0 Å². The van der Waals surface area contributed by atoms with Gasteiger partial charge in [0, 0.05) is 17.1 Å². The van der Waals surface area contributed by atoms with Gasteiger partial charge in [0.15, 0.2) is 6.29 Å². The van der Waals surface area contributed by atoms with Gasteiger partial charge in [-0.15, -0.1) is 0 Å². The van der Waals surface area contributed by atoms with Crippen molar-refractivity contribution in [3.8, 4) is 0 Å². The maximum Gasteiger partial charge on any atom is 0.151 e. The zero-order valence-electron chi connectivity index (χ0n) is 8.24. The molecule has 0 aliphatic heterocycles. The van der Waals surface area contributed by atoms with Crippen LogP contribution in [-0.4, -0.2) is 11.3 Å². The van der Waals surface area contributed by atoms with Crippen molar-refractivity contribution < 1.29 is 4.79 Å². The number of nitrogens with zero attached hydrogens (tertiary/aromatic N) is 1. The van der Waals surface area contributed by atoms with Crippen molar-refractivity contribution in [2.45, 2.75) is 13.8 Å². The monoisotopic (exact) mass is 185 g/mol. The average Bonchev–Trinajstić information content (AvgIpc) is 2.23. The summed E-state index contributed by atoms with van der Waals surface area (Å²) < 4.78 is 0. The van der Waals surface area contributed by atoms with Crippen LogP contribution in [-0.2, 0) is 0 Å². The first-order chi connectivity index (χ1) is 6.72. The third-order valence-electron chi connectivity index (χ3n) is 2.43. The van der Waals surface area contributed by atoms with E-state index < -0.39 is 0 Å². The van der Waals surface area contributed by atoms with Crippen molar-refractivity contribution in [2.24, 2.45) is 0 Å². The highest BCUT2D eigenvalue weighted by Crippen LogP contribution is 2.20. The number of aldehydes is 1. The Balaban J connectivity index is 2.86. The van der Waals surface area contributed by atoms with Crippen LogP contribution in [0.1, 0.15) is 21.5 Å². The smallest absolute Gasteiger partial charge is 0.151 e. The zero-order valence-corrected chi connectivity index (χ0v) is 8.24. The van der Waals surface area contributed by atoms with Crippen molar-refractivity contribution in [3.05, 3.63) is 41.1 Å². The summed E-state index contributed by atoms with van der Waals surface area (Å²) in [5.41, 5.74) is 3.91. The number of rotatable bonds is 1. The number of carbonyl (C=O) groups is 1. The van der Waals surface area contributed by atoms with Gasteiger partial charge in [-0.05, 0) is 31.0 Å². The van der Waals surface area contributed by atoms with Crippen LogP contribution in [0.4, 0.5) is 0 Å². The Morgan fingerprint density at radius 2 is 1.93 bits per heavy atom. The van der Waals surface area contributed by atoms with Crippen LogP contribution in [0.3, 0.4) is 0 Å². The first kappa shape index (κ1) is 8.88. The highest BCUT2D eigenvalue weighted by Gasteiger charge is 2.02. The lowest BCUT2D eigenvalue weighted by Gasteiger charge is -2.04. The zero-order chi connectivity index (χ0) is 10.1. The molecule has 0 unspecified atom stereocenters. The first-order valence-electron chi connectivity index (χ1n) is 4.53. The Labute approximate surface area is 82.6 Å². The van der Waals surface area contributed by atoms with Crippen molar-refractivity contribution in [3.63, 3.8) is 0 Å². The molecule has 0 radical (unpaired) electrons. The Kier molecular flexibility index (Phi) is 2.04. The second-order valence-electron chi connectivity index (χ2n) is 3.48. The molecule has 1 aromatic carbocycles. The van der Waals surface area contributed by atoms with E-state index in [1.165, 1.54) is 0 Å². The summed E-state index contributed by atoms with van der Waals surface area (Å²) in [4.78, 5) is 14.9. The Hall–Kier alpha value is -1.70. The van der Waals surface area contributed by atoms with Crippen molar-refractivity contribution in [1.29, 1.82) is 0 Å². The van der Waals surface area contributed by atoms with E-state index in [1.807, 2.05) is 32.0 Å². The van der Waals surface area contributed by atoms with Gasteiger partial charge in [0.25, 0.3) is 0 Å². The van der Waals surface area contributed by atoms with Gasteiger partial charge in [0.1, 0.15) is 0 Å². The van der Waals surface area contributed by atoms with E-state index in [9.17, 15) is 4.79 Å². The summed E-state index contributed by atoms with van der Waals surface area (Å²) in [6.07, 6.45) is 2.44. The van der Waals surface area contributed by atoms with Gasteiger partial charge < -0.3 is 0 Å². The molecule has 0 fully saturated rings. The van der Waals surface area contributed by atoms with Crippen molar-refractivity contribution in [2.75, 3.05) is 0 Å². The lowest BCUT2D eigenvalue weighted by atomic mass is 10.0. The fourth-order valence-electron chi connectivity index (χ4n) is 1.58. The molecule has 0 bridgehead atoms. The molecule has 0 spiro atoms. The SMILES string of the molecule is Cc1ccc(C)c2ncc(C=O)cc12. The Bertz CT molecular complexity index is 503. The van der Waals surface area contributed by atoms with E-state index in [2.05, 4.69) is 4.98 Å². The third kappa shape index (κ3) is 1.29. The number of benzene rings is 1.